The number of benzene rings is 1. The zero-order valence-corrected chi connectivity index (χ0v) is 14.6. The van der Waals surface area contributed by atoms with Crippen molar-refractivity contribution in [3.05, 3.63) is 33.8 Å². The average Bonchev–Trinajstić information content (AvgIpc) is 2.44. The first-order valence-electron chi connectivity index (χ1n) is 7.01. The van der Waals surface area contributed by atoms with Gasteiger partial charge in [0.1, 0.15) is 17.2 Å². The maximum absolute atomic E-state index is 13.7. The summed E-state index contributed by atoms with van der Waals surface area (Å²) in [6.45, 7) is 0.462. The summed E-state index contributed by atoms with van der Waals surface area (Å²) in [6.07, 6.45) is 4.52. The maximum atomic E-state index is 13.7. The van der Waals surface area contributed by atoms with Crippen molar-refractivity contribution >= 4 is 37.8 Å². The van der Waals surface area contributed by atoms with E-state index in [1.54, 1.807) is 0 Å². The van der Waals surface area contributed by atoms with Gasteiger partial charge in [-0.05, 0) is 36.8 Å². The van der Waals surface area contributed by atoms with Crippen molar-refractivity contribution in [2.45, 2.75) is 25.7 Å². The largest absolute Gasteiger partial charge is 0.352 e. The zero-order chi connectivity index (χ0) is 15.4. The standard InChI is InChI=1S/C15H17Br2F2NO/c16-7-9-3-1-2-4-10(9)8-20-15(21)14-12(18)5-11(17)6-13(14)19/h5-6,9-10H,1-4,7-8H2,(H,20,21). The fraction of sp³-hybridized carbons (Fsp3) is 0.533. The normalized spacial score (nSPS) is 22.1. The van der Waals surface area contributed by atoms with Crippen LogP contribution in [0.4, 0.5) is 8.78 Å². The van der Waals surface area contributed by atoms with Crippen LogP contribution in [-0.2, 0) is 0 Å². The van der Waals surface area contributed by atoms with Gasteiger partial charge in [-0.15, -0.1) is 0 Å². The number of carbonyl (C=O) groups is 1. The van der Waals surface area contributed by atoms with E-state index < -0.39 is 23.1 Å². The van der Waals surface area contributed by atoms with E-state index >= 15 is 0 Å². The third-order valence-corrected chi connectivity index (χ3v) is 5.31. The molecule has 1 aliphatic carbocycles. The summed E-state index contributed by atoms with van der Waals surface area (Å²) in [5, 5.41) is 3.58. The summed E-state index contributed by atoms with van der Waals surface area (Å²) in [7, 11) is 0. The van der Waals surface area contributed by atoms with Gasteiger partial charge in [0, 0.05) is 16.3 Å². The molecule has 21 heavy (non-hydrogen) atoms. The minimum absolute atomic E-state index is 0.278. The van der Waals surface area contributed by atoms with Gasteiger partial charge in [-0.3, -0.25) is 4.79 Å². The Morgan fingerprint density at radius 1 is 1.19 bits per heavy atom. The molecule has 2 nitrogen and oxygen atoms in total. The maximum Gasteiger partial charge on any atom is 0.257 e. The Morgan fingerprint density at radius 3 is 2.33 bits per heavy atom. The molecule has 6 heteroatoms. The molecule has 0 bridgehead atoms. The van der Waals surface area contributed by atoms with Crippen molar-refractivity contribution in [1.82, 2.24) is 5.32 Å². The fourth-order valence-electron chi connectivity index (χ4n) is 2.83. The van der Waals surface area contributed by atoms with Crippen LogP contribution >= 0.6 is 31.9 Å². The summed E-state index contributed by atoms with van der Waals surface area (Å²) in [4.78, 5) is 12.0. The number of alkyl halides is 1. The number of nitrogens with one attached hydrogen (secondary N) is 1. The highest BCUT2D eigenvalue weighted by atomic mass is 79.9. The molecule has 1 aliphatic rings. The van der Waals surface area contributed by atoms with Gasteiger partial charge in [-0.25, -0.2) is 8.78 Å². The van der Waals surface area contributed by atoms with E-state index in [9.17, 15) is 13.6 Å². The molecule has 116 valence electrons. The minimum Gasteiger partial charge on any atom is -0.352 e. The quantitative estimate of drug-likeness (QED) is 0.699. The van der Waals surface area contributed by atoms with Crippen LogP contribution in [0, 0.1) is 23.5 Å². The predicted octanol–water partition coefficient (Wildman–Crippen LogP) is 4.66. The van der Waals surface area contributed by atoms with E-state index in [0.717, 1.165) is 36.7 Å². The molecule has 2 rings (SSSR count). The smallest absolute Gasteiger partial charge is 0.257 e. The van der Waals surface area contributed by atoms with Crippen molar-refractivity contribution < 1.29 is 13.6 Å². The molecular formula is C15H17Br2F2NO. The topological polar surface area (TPSA) is 29.1 Å². The Balaban J connectivity index is 2.02. The van der Waals surface area contributed by atoms with E-state index in [0.29, 0.717) is 18.4 Å². The molecule has 0 radical (unpaired) electrons. The molecule has 1 fully saturated rings. The van der Waals surface area contributed by atoms with Gasteiger partial charge in [-0.1, -0.05) is 44.7 Å². The average molecular weight is 425 g/mol. The molecule has 0 aliphatic heterocycles. The highest BCUT2D eigenvalue weighted by Crippen LogP contribution is 2.31. The Hall–Kier alpha value is -0.490. The van der Waals surface area contributed by atoms with Crippen LogP contribution < -0.4 is 5.32 Å². The monoisotopic (exact) mass is 423 g/mol. The van der Waals surface area contributed by atoms with Gasteiger partial charge < -0.3 is 5.32 Å². The van der Waals surface area contributed by atoms with Gasteiger partial charge in [-0.2, -0.15) is 0 Å². The van der Waals surface area contributed by atoms with Gasteiger partial charge >= 0.3 is 0 Å². The third-order valence-electron chi connectivity index (χ3n) is 4.02. The first-order valence-corrected chi connectivity index (χ1v) is 8.93. The Morgan fingerprint density at radius 2 is 1.76 bits per heavy atom. The van der Waals surface area contributed by atoms with Crippen LogP contribution in [0.15, 0.2) is 16.6 Å². The molecule has 2 atom stereocenters. The molecular weight excluding hydrogens is 408 g/mol. The van der Waals surface area contributed by atoms with Crippen molar-refractivity contribution in [2.75, 3.05) is 11.9 Å². The van der Waals surface area contributed by atoms with Gasteiger partial charge in [0.2, 0.25) is 0 Å². The van der Waals surface area contributed by atoms with Gasteiger partial charge in [0.05, 0.1) is 0 Å². The Kier molecular flexibility index (Phi) is 6.17. The molecule has 2 unspecified atom stereocenters. The van der Waals surface area contributed by atoms with E-state index in [1.165, 1.54) is 6.42 Å². The number of hydrogen-bond donors (Lipinski definition) is 1. The minimum atomic E-state index is -0.847. The summed E-state index contributed by atoms with van der Waals surface area (Å²) in [5.41, 5.74) is -0.510. The Bertz CT molecular complexity index is 501. The highest BCUT2D eigenvalue weighted by Gasteiger charge is 2.25. The molecule has 0 spiro atoms. The van der Waals surface area contributed by atoms with E-state index in [1.807, 2.05) is 0 Å². The lowest BCUT2D eigenvalue weighted by Gasteiger charge is -2.30. The van der Waals surface area contributed by atoms with Crippen LogP contribution in [0.25, 0.3) is 0 Å². The molecule has 0 saturated heterocycles. The van der Waals surface area contributed by atoms with Crippen LogP contribution in [0.5, 0.6) is 0 Å². The van der Waals surface area contributed by atoms with E-state index in [2.05, 4.69) is 37.2 Å². The number of carbonyl (C=O) groups excluding carboxylic acids is 1. The predicted molar refractivity (Wildman–Crippen MR) is 85.6 cm³/mol. The van der Waals surface area contributed by atoms with E-state index in [4.69, 9.17) is 0 Å². The second-order valence-electron chi connectivity index (χ2n) is 5.41. The highest BCUT2D eigenvalue weighted by molar-refractivity contribution is 9.10. The van der Waals surface area contributed by atoms with Crippen molar-refractivity contribution in [1.29, 1.82) is 0 Å². The molecule has 1 saturated carbocycles. The molecule has 1 aromatic rings. The fourth-order valence-corrected chi connectivity index (χ4v) is 4.08. The second-order valence-corrected chi connectivity index (χ2v) is 6.98. The van der Waals surface area contributed by atoms with Crippen LogP contribution in [0.3, 0.4) is 0 Å². The first kappa shape index (κ1) is 16.9. The van der Waals surface area contributed by atoms with E-state index in [-0.39, 0.29) is 4.47 Å². The summed E-state index contributed by atoms with van der Waals surface area (Å²) >= 11 is 6.49. The first-order chi connectivity index (χ1) is 10.0. The molecule has 1 amide bonds. The number of halogens is 4. The van der Waals surface area contributed by atoms with Gasteiger partial charge in [0.15, 0.2) is 0 Å². The zero-order valence-electron chi connectivity index (χ0n) is 11.5. The number of hydrogen-bond acceptors (Lipinski definition) is 1. The van der Waals surface area contributed by atoms with Crippen LogP contribution in [-0.4, -0.2) is 17.8 Å². The molecule has 0 heterocycles. The lowest BCUT2D eigenvalue weighted by molar-refractivity contribution is 0.0928. The van der Waals surface area contributed by atoms with Gasteiger partial charge in [0.25, 0.3) is 5.91 Å². The van der Waals surface area contributed by atoms with Crippen LogP contribution in [0.1, 0.15) is 36.0 Å². The third kappa shape index (κ3) is 4.25. The molecule has 1 N–H and O–H groups in total. The number of rotatable bonds is 4. The second kappa shape index (κ2) is 7.68. The summed E-state index contributed by atoms with van der Waals surface area (Å²) in [6, 6.07) is 2.19. The lowest BCUT2D eigenvalue weighted by atomic mass is 9.80. The van der Waals surface area contributed by atoms with Crippen molar-refractivity contribution in [3.63, 3.8) is 0 Å². The van der Waals surface area contributed by atoms with Crippen molar-refractivity contribution in [2.24, 2.45) is 11.8 Å². The summed E-state index contributed by atoms with van der Waals surface area (Å²) in [5.74, 6) is -1.50. The van der Waals surface area contributed by atoms with Crippen LogP contribution in [0.2, 0.25) is 0 Å². The SMILES string of the molecule is O=C(NCC1CCCCC1CBr)c1c(F)cc(Br)cc1F. The Labute approximate surface area is 139 Å². The molecule has 1 aromatic carbocycles. The number of amides is 1. The van der Waals surface area contributed by atoms with Crippen molar-refractivity contribution in [3.8, 4) is 0 Å². The molecule has 0 aromatic heterocycles. The summed E-state index contributed by atoms with van der Waals surface area (Å²) < 4.78 is 27.7. The lowest BCUT2D eigenvalue weighted by Crippen LogP contribution is -2.35.